The average Bonchev–Trinajstić information content (AvgIpc) is 2.60. The number of carbonyl (C=O) groups excluding carboxylic acids is 2. The Balaban J connectivity index is 1.84. The quantitative estimate of drug-likeness (QED) is 0.758. The molecule has 1 spiro atoms. The van der Waals surface area contributed by atoms with E-state index in [1.54, 1.807) is 43.5 Å². The number of hydrogen-bond donors (Lipinski definition) is 0. The molecule has 5 nitrogen and oxygen atoms in total. The molecule has 2 aliphatic heterocycles. The average molecular weight is 321 g/mol. The van der Waals surface area contributed by atoms with Gasteiger partial charge in [-0.1, -0.05) is 23.8 Å². The van der Waals surface area contributed by atoms with Gasteiger partial charge in [-0.15, -0.1) is 0 Å². The Kier molecular flexibility index (Phi) is 3.00. The molecular weight excluding hydrogens is 306 g/mol. The van der Waals surface area contributed by atoms with Crippen LogP contribution in [0, 0.1) is 6.92 Å². The highest BCUT2D eigenvalue weighted by molar-refractivity contribution is 5.98. The lowest BCUT2D eigenvalue weighted by atomic mass is 10.0. The third kappa shape index (κ3) is 1.94. The molecule has 2 aromatic rings. The molecule has 2 heterocycles. The molecule has 0 bridgehead atoms. The number of aryl methyl sites for hydroxylation is 1. The van der Waals surface area contributed by atoms with E-state index in [0.29, 0.717) is 22.6 Å². The maximum atomic E-state index is 12.8. The molecule has 0 saturated carbocycles. The van der Waals surface area contributed by atoms with Gasteiger partial charge in [0, 0.05) is 18.7 Å². The van der Waals surface area contributed by atoms with Crippen molar-refractivity contribution in [1.29, 1.82) is 0 Å². The van der Waals surface area contributed by atoms with Crippen molar-refractivity contribution in [2.24, 2.45) is 0 Å². The number of amides is 1. The van der Waals surface area contributed by atoms with Crippen molar-refractivity contribution in [3.8, 4) is 11.5 Å². The SMILES string of the molecule is Cc1ccc2c(c1)C(=O)N(C)C1(C=Cc3cccc(C=O)c3O1)O2. The number of rotatable bonds is 1. The van der Waals surface area contributed by atoms with Crippen LogP contribution in [-0.2, 0) is 0 Å². The number of para-hydroxylation sites is 1. The number of nitrogens with zero attached hydrogens (tertiary/aromatic N) is 1. The number of carbonyl (C=O) groups is 2. The molecule has 0 aliphatic carbocycles. The molecule has 1 unspecified atom stereocenters. The summed E-state index contributed by atoms with van der Waals surface area (Å²) >= 11 is 0. The van der Waals surface area contributed by atoms with E-state index in [4.69, 9.17) is 9.47 Å². The second-order valence-corrected chi connectivity index (χ2v) is 5.92. The van der Waals surface area contributed by atoms with Crippen LogP contribution < -0.4 is 9.47 Å². The number of benzene rings is 2. The zero-order chi connectivity index (χ0) is 16.9. The summed E-state index contributed by atoms with van der Waals surface area (Å²) in [7, 11) is 1.62. The van der Waals surface area contributed by atoms with Crippen LogP contribution >= 0.6 is 0 Å². The Bertz CT molecular complexity index is 902. The summed E-state index contributed by atoms with van der Waals surface area (Å²) in [5, 5.41) is 0. The normalized spacial score (nSPS) is 20.9. The molecule has 0 radical (unpaired) electrons. The summed E-state index contributed by atoms with van der Waals surface area (Å²) in [5.41, 5.74) is 2.65. The van der Waals surface area contributed by atoms with Gasteiger partial charge in [0.2, 0.25) is 0 Å². The summed E-state index contributed by atoms with van der Waals surface area (Å²) in [4.78, 5) is 25.5. The van der Waals surface area contributed by atoms with E-state index in [1.165, 1.54) is 4.90 Å². The lowest BCUT2D eigenvalue weighted by Gasteiger charge is -2.44. The van der Waals surface area contributed by atoms with Crippen LogP contribution in [0.4, 0.5) is 0 Å². The molecule has 5 heteroatoms. The van der Waals surface area contributed by atoms with E-state index in [9.17, 15) is 9.59 Å². The zero-order valence-corrected chi connectivity index (χ0v) is 13.3. The molecule has 2 aliphatic rings. The molecule has 24 heavy (non-hydrogen) atoms. The van der Waals surface area contributed by atoms with Crippen molar-refractivity contribution >= 4 is 18.3 Å². The van der Waals surface area contributed by atoms with E-state index >= 15 is 0 Å². The van der Waals surface area contributed by atoms with Gasteiger partial charge in [-0.05, 0) is 31.2 Å². The molecule has 0 fully saturated rings. The molecule has 2 aromatic carbocycles. The van der Waals surface area contributed by atoms with E-state index in [1.807, 2.05) is 19.1 Å². The third-order valence-corrected chi connectivity index (χ3v) is 4.32. The van der Waals surface area contributed by atoms with E-state index < -0.39 is 5.91 Å². The molecule has 0 saturated heterocycles. The summed E-state index contributed by atoms with van der Waals surface area (Å²) in [6.07, 6.45) is 4.22. The first-order valence-electron chi connectivity index (χ1n) is 7.58. The minimum atomic E-state index is -1.40. The first-order chi connectivity index (χ1) is 11.5. The van der Waals surface area contributed by atoms with Gasteiger partial charge in [-0.2, -0.15) is 0 Å². The molecule has 0 aromatic heterocycles. The van der Waals surface area contributed by atoms with Crippen molar-refractivity contribution in [3.63, 3.8) is 0 Å². The summed E-state index contributed by atoms with van der Waals surface area (Å²) < 4.78 is 12.1. The standard InChI is InChI=1S/C19H15NO4/c1-12-6-7-16-15(10-12)18(22)20(2)19(23-16)9-8-13-4-3-5-14(11-21)17(13)24-19/h3-11H,1-2H3. The van der Waals surface area contributed by atoms with E-state index in [-0.39, 0.29) is 5.91 Å². The first-order valence-corrected chi connectivity index (χ1v) is 7.58. The Morgan fingerprint density at radius 1 is 1.17 bits per heavy atom. The molecule has 1 atom stereocenters. The topological polar surface area (TPSA) is 55.8 Å². The van der Waals surface area contributed by atoms with Gasteiger partial charge in [0.15, 0.2) is 6.29 Å². The van der Waals surface area contributed by atoms with Crippen LogP contribution in [-0.4, -0.2) is 30.1 Å². The predicted octanol–water partition coefficient (Wildman–Crippen LogP) is 3.03. The van der Waals surface area contributed by atoms with Crippen LogP contribution in [0.25, 0.3) is 6.08 Å². The smallest absolute Gasteiger partial charge is 0.362 e. The summed E-state index contributed by atoms with van der Waals surface area (Å²) in [6.45, 7) is 1.92. The Hall–Kier alpha value is -3.08. The van der Waals surface area contributed by atoms with E-state index in [2.05, 4.69) is 0 Å². The fraction of sp³-hybridized carbons (Fsp3) is 0.158. The maximum absolute atomic E-state index is 12.8. The van der Waals surface area contributed by atoms with Gasteiger partial charge in [0.1, 0.15) is 11.5 Å². The Morgan fingerprint density at radius 3 is 2.79 bits per heavy atom. The van der Waals surface area contributed by atoms with Crippen molar-refractivity contribution in [1.82, 2.24) is 4.90 Å². The van der Waals surface area contributed by atoms with E-state index in [0.717, 1.165) is 17.4 Å². The fourth-order valence-electron chi connectivity index (χ4n) is 2.97. The van der Waals surface area contributed by atoms with Gasteiger partial charge in [0.05, 0.1) is 11.1 Å². The lowest BCUT2D eigenvalue weighted by molar-refractivity contribution is -0.166. The van der Waals surface area contributed by atoms with Gasteiger partial charge in [0.25, 0.3) is 5.91 Å². The van der Waals surface area contributed by atoms with Crippen molar-refractivity contribution in [2.75, 3.05) is 7.05 Å². The van der Waals surface area contributed by atoms with Crippen LogP contribution in [0.15, 0.2) is 42.5 Å². The van der Waals surface area contributed by atoms with Gasteiger partial charge < -0.3 is 9.47 Å². The maximum Gasteiger partial charge on any atom is 0.362 e. The predicted molar refractivity (Wildman–Crippen MR) is 88.1 cm³/mol. The highest BCUT2D eigenvalue weighted by Crippen LogP contribution is 2.40. The second kappa shape index (κ2) is 4.96. The number of fused-ring (bicyclic) bond motifs is 2. The van der Waals surface area contributed by atoms with Gasteiger partial charge >= 0.3 is 5.91 Å². The molecule has 1 amide bonds. The van der Waals surface area contributed by atoms with Crippen LogP contribution in [0.5, 0.6) is 11.5 Å². The highest BCUT2D eigenvalue weighted by atomic mass is 16.7. The minimum absolute atomic E-state index is 0.198. The third-order valence-electron chi connectivity index (χ3n) is 4.32. The van der Waals surface area contributed by atoms with Crippen molar-refractivity contribution in [2.45, 2.75) is 12.8 Å². The lowest BCUT2D eigenvalue weighted by Crippen LogP contribution is -2.60. The number of hydrogen-bond acceptors (Lipinski definition) is 4. The first kappa shape index (κ1) is 14.5. The van der Waals surface area contributed by atoms with Crippen molar-refractivity contribution < 1.29 is 19.1 Å². The fourth-order valence-corrected chi connectivity index (χ4v) is 2.97. The highest BCUT2D eigenvalue weighted by Gasteiger charge is 2.47. The largest absolute Gasteiger partial charge is 0.431 e. The molecule has 0 N–H and O–H groups in total. The summed E-state index contributed by atoms with van der Waals surface area (Å²) in [5.74, 6) is -0.729. The second-order valence-electron chi connectivity index (χ2n) is 5.92. The van der Waals surface area contributed by atoms with Gasteiger partial charge in [-0.3, -0.25) is 14.5 Å². The summed E-state index contributed by atoms with van der Waals surface area (Å²) in [6, 6.07) is 10.7. The molecular formula is C19H15NO4. The van der Waals surface area contributed by atoms with Crippen LogP contribution in [0.2, 0.25) is 0 Å². The van der Waals surface area contributed by atoms with Crippen molar-refractivity contribution in [3.05, 3.63) is 64.7 Å². The van der Waals surface area contributed by atoms with Crippen LogP contribution in [0.3, 0.4) is 0 Å². The number of likely N-dealkylation sites (N-methyl/N-ethyl adjacent to an activating group) is 1. The number of aldehydes is 1. The molecule has 4 rings (SSSR count). The minimum Gasteiger partial charge on any atom is -0.431 e. The Morgan fingerprint density at radius 2 is 2.00 bits per heavy atom. The number of ether oxygens (including phenoxy) is 2. The molecule has 120 valence electrons. The Labute approximate surface area is 139 Å². The van der Waals surface area contributed by atoms with Gasteiger partial charge in [-0.25, -0.2) is 0 Å². The zero-order valence-electron chi connectivity index (χ0n) is 13.3. The monoisotopic (exact) mass is 321 g/mol. The van der Waals surface area contributed by atoms with Crippen LogP contribution in [0.1, 0.15) is 31.8 Å².